The minimum atomic E-state index is -3.43. The van der Waals surface area contributed by atoms with Gasteiger partial charge in [-0.3, -0.25) is 0 Å². The van der Waals surface area contributed by atoms with Crippen LogP contribution in [-0.2, 0) is 16.6 Å². The molecule has 116 valence electrons. The molecule has 1 rings (SSSR count). The highest BCUT2D eigenvalue weighted by Crippen LogP contribution is 2.14. The fourth-order valence-corrected chi connectivity index (χ4v) is 3.23. The monoisotopic (exact) mass is 301 g/mol. The molecule has 0 aliphatic rings. The molecule has 5 nitrogen and oxygen atoms in total. The van der Waals surface area contributed by atoms with Crippen LogP contribution in [0.3, 0.4) is 0 Å². The normalized spacial score (nSPS) is 15.2. The number of aromatic nitrogens is 1. The van der Waals surface area contributed by atoms with Crippen LogP contribution >= 0.6 is 0 Å². The lowest BCUT2D eigenvalue weighted by Gasteiger charge is -2.19. The molecule has 0 fully saturated rings. The third-order valence-electron chi connectivity index (χ3n) is 3.61. The van der Waals surface area contributed by atoms with Gasteiger partial charge in [0.15, 0.2) is 0 Å². The maximum absolute atomic E-state index is 12.3. The first-order chi connectivity index (χ1) is 9.40. The van der Waals surface area contributed by atoms with E-state index in [9.17, 15) is 8.42 Å². The molecule has 2 atom stereocenters. The maximum atomic E-state index is 12.3. The molecule has 1 aromatic heterocycles. The zero-order chi connectivity index (χ0) is 15.2. The molecule has 0 amide bonds. The molecule has 0 bridgehead atoms. The molecule has 2 unspecified atom stereocenters. The van der Waals surface area contributed by atoms with E-state index in [-0.39, 0.29) is 6.04 Å². The van der Waals surface area contributed by atoms with Crippen molar-refractivity contribution in [2.45, 2.75) is 58.0 Å². The first kappa shape index (κ1) is 17.2. The average molecular weight is 301 g/mol. The molecule has 6 heteroatoms. The van der Waals surface area contributed by atoms with Gasteiger partial charge in [0, 0.05) is 24.5 Å². The van der Waals surface area contributed by atoms with Crippen molar-refractivity contribution < 1.29 is 8.42 Å². The first-order valence-corrected chi connectivity index (χ1v) is 8.79. The van der Waals surface area contributed by atoms with Gasteiger partial charge in [-0.2, -0.15) is 0 Å². The topological polar surface area (TPSA) is 74.0 Å². The predicted molar refractivity (Wildman–Crippen MR) is 82.0 cm³/mol. The molecule has 0 spiro atoms. The minimum absolute atomic E-state index is 0.0680. The lowest BCUT2D eigenvalue weighted by atomic mass is 10.0. The van der Waals surface area contributed by atoms with Crippen molar-refractivity contribution in [3.05, 3.63) is 18.0 Å². The fraction of sp³-hybridized carbons (Fsp3) is 0.714. The fourth-order valence-electron chi connectivity index (χ4n) is 1.86. The Morgan fingerprint density at radius 1 is 1.30 bits per heavy atom. The summed E-state index contributed by atoms with van der Waals surface area (Å²) in [6, 6.07) is 1.62. The van der Waals surface area contributed by atoms with E-state index in [0.717, 1.165) is 25.1 Å². The summed E-state index contributed by atoms with van der Waals surface area (Å²) in [5.74, 6) is 0.314. The molecule has 0 aliphatic heterocycles. The molecule has 20 heavy (non-hydrogen) atoms. The van der Waals surface area contributed by atoms with Gasteiger partial charge < -0.3 is 10.3 Å². The van der Waals surface area contributed by atoms with Crippen LogP contribution in [0.1, 0.15) is 46.2 Å². The highest BCUT2D eigenvalue weighted by molar-refractivity contribution is 7.89. The number of nitrogens with one attached hydrogen (secondary N) is 3. The molecular weight excluding hydrogens is 274 g/mol. The van der Waals surface area contributed by atoms with Crippen LogP contribution in [0.25, 0.3) is 0 Å². The Morgan fingerprint density at radius 2 is 2.00 bits per heavy atom. The number of H-pyrrole nitrogens is 1. The number of sulfonamides is 1. The predicted octanol–water partition coefficient (Wildman–Crippen LogP) is 2.23. The van der Waals surface area contributed by atoms with Crippen LogP contribution in [0, 0.1) is 5.92 Å². The Balaban J connectivity index is 2.68. The summed E-state index contributed by atoms with van der Waals surface area (Å²) in [4.78, 5) is 3.31. The molecular formula is C14H27N3O2S. The Bertz CT molecular complexity index is 496. The molecule has 1 aromatic rings. The zero-order valence-electron chi connectivity index (χ0n) is 12.9. The van der Waals surface area contributed by atoms with Crippen molar-refractivity contribution in [1.29, 1.82) is 0 Å². The van der Waals surface area contributed by atoms with Crippen molar-refractivity contribution in [1.82, 2.24) is 15.0 Å². The summed E-state index contributed by atoms with van der Waals surface area (Å²) < 4.78 is 27.2. The molecule has 0 aliphatic carbocycles. The average Bonchev–Trinajstić information content (AvgIpc) is 2.87. The van der Waals surface area contributed by atoms with E-state index in [2.05, 4.69) is 28.9 Å². The van der Waals surface area contributed by atoms with Gasteiger partial charge in [-0.15, -0.1) is 0 Å². The Kier molecular flexibility index (Phi) is 6.71. The third kappa shape index (κ3) is 4.92. The SMILES string of the molecule is CCCNCc1cc(S(=O)(=O)NC(C)C(C)CC)c[nH]1. The summed E-state index contributed by atoms with van der Waals surface area (Å²) >= 11 is 0. The van der Waals surface area contributed by atoms with E-state index >= 15 is 0 Å². The lowest BCUT2D eigenvalue weighted by Crippen LogP contribution is -2.36. The van der Waals surface area contributed by atoms with Crippen LogP contribution in [0.2, 0.25) is 0 Å². The molecule has 0 saturated heterocycles. The summed E-state index contributed by atoms with van der Waals surface area (Å²) in [5, 5.41) is 3.24. The second kappa shape index (κ2) is 7.81. The standard InChI is InChI=1S/C14H27N3O2S/c1-5-7-15-9-13-8-14(10-16-13)20(18,19)17-12(4)11(3)6-2/h8,10-12,15-17H,5-7,9H2,1-4H3. The van der Waals surface area contributed by atoms with E-state index in [1.54, 1.807) is 12.3 Å². The first-order valence-electron chi connectivity index (χ1n) is 7.31. The molecule has 3 N–H and O–H groups in total. The minimum Gasteiger partial charge on any atom is -0.363 e. The Hall–Kier alpha value is -0.850. The number of rotatable bonds is 9. The van der Waals surface area contributed by atoms with E-state index in [1.165, 1.54) is 0 Å². The second-order valence-electron chi connectivity index (χ2n) is 5.33. The van der Waals surface area contributed by atoms with Crippen molar-refractivity contribution in [3.8, 4) is 0 Å². The largest absolute Gasteiger partial charge is 0.363 e. The van der Waals surface area contributed by atoms with E-state index in [1.807, 2.05) is 13.8 Å². The Labute approximate surface area is 122 Å². The highest BCUT2D eigenvalue weighted by Gasteiger charge is 2.21. The lowest BCUT2D eigenvalue weighted by molar-refractivity contribution is 0.434. The summed E-state index contributed by atoms with van der Waals surface area (Å²) in [6.45, 7) is 9.68. The number of hydrogen-bond acceptors (Lipinski definition) is 3. The van der Waals surface area contributed by atoms with Crippen LogP contribution in [0.4, 0.5) is 0 Å². The van der Waals surface area contributed by atoms with Gasteiger partial charge in [0.25, 0.3) is 0 Å². The molecule has 1 heterocycles. The van der Waals surface area contributed by atoms with Crippen molar-refractivity contribution in [2.75, 3.05) is 6.54 Å². The van der Waals surface area contributed by atoms with Crippen molar-refractivity contribution in [2.24, 2.45) is 5.92 Å². The number of aromatic amines is 1. The quantitative estimate of drug-likeness (QED) is 0.612. The summed E-state index contributed by atoms with van der Waals surface area (Å²) in [5.41, 5.74) is 0.884. The molecule has 0 aromatic carbocycles. The van der Waals surface area contributed by atoms with E-state index in [4.69, 9.17) is 0 Å². The summed E-state index contributed by atoms with van der Waals surface area (Å²) in [7, 11) is -3.43. The maximum Gasteiger partial charge on any atom is 0.242 e. The van der Waals surface area contributed by atoms with Gasteiger partial charge in [-0.1, -0.05) is 27.2 Å². The zero-order valence-corrected chi connectivity index (χ0v) is 13.7. The Morgan fingerprint density at radius 3 is 2.60 bits per heavy atom. The highest BCUT2D eigenvalue weighted by atomic mass is 32.2. The second-order valence-corrected chi connectivity index (χ2v) is 7.05. The molecule has 0 radical (unpaired) electrons. The molecule has 0 saturated carbocycles. The van der Waals surface area contributed by atoms with Gasteiger partial charge >= 0.3 is 0 Å². The van der Waals surface area contributed by atoms with Gasteiger partial charge in [0.1, 0.15) is 0 Å². The van der Waals surface area contributed by atoms with Crippen molar-refractivity contribution >= 4 is 10.0 Å². The third-order valence-corrected chi connectivity index (χ3v) is 5.15. The van der Waals surface area contributed by atoms with Gasteiger partial charge in [0.05, 0.1) is 4.90 Å². The van der Waals surface area contributed by atoms with Crippen LogP contribution < -0.4 is 10.0 Å². The summed E-state index contributed by atoms with van der Waals surface area (Å²) in [6.07, 6.45) is 3.55. The van der Waals surface area contributed by atoms with Gasteiger partial charge in [-0.05, 0) is 31.9 Å². The van der Waals surface area contributed by atoms with Crippen LogP contribution in [0.15, 0.2) is 17.2 Å². The smallest absolute Gasteiger partial charge is 0.242 e. The van der Waals surface area contributed by atoms with Crippen LogP contribution in [-0.4, -0.2) is 26.0 Å². The van der Waals surface area contributed by atoms with E-state index in [0.29, 0.717) is 17.4 Å². The van der Waals surface area contributed by atoms with E-state index < -0.39 is 10.0 Å². The van der Waals surface area contributed by atoms with Crippen molar-refractivity contribution in [3.63, 3.8) is 0 Å². The van der Waals surface area contributed by atoms with Gasteiger partial charge in [0.2, 0.25) is 10.0 Å². The van der Waals surface area contributed by atoms with Crippen LogP contribution in [0.5, 0.6) is 0 Å². The number of hydrogen-bond donors (Lipinski definition) is 3. The van der Waals surface area contributed by atoms with Gasteiger partial charge in [-0.25, -0.2) is 13.1 Å².